The summed E-state index contributed by atoms with van der Waals surface area (Å²) in [6, 6.07) is 6.95. The summed E-state index contributed by atoms with van der Waals surface area (Å²) in [5.41, 5.74) is 11.2. The van der Waals surface area contributed by atoms with Crippen LogP contribution in [0.25, 0.3) is 0 Å². The number of hydrogen-bond donors (Lipinski definition) is 1. The van der Waals surface area contributed by atoms with Gasteiger partial charge in [-0.05, 0) is 79.4 Å². The minimum absolute atomic E-state index is 0. The van der Waals surface area contributed by atoms with Gasteiger partial charge in [0, 0.05) is 16.5 Å². The third-order valence-corrected chi connectivity index (χ3v) is 8.13. The number of nitrogens with two attached hydrogens (primary N) is 1. The van der Waals surface area contributed by atoms with Crippen LogP contribution >= 0.6 is 24.0 Å². The van der Waals surface area contributed by atoms with Gasteiger partial charge in [-0.25, -0.2) is 0 Å². The molecule has 1 aromatic carbocycles. The Hall–Kier alpha value is -0.500. The summed E-state index contributed by atoms with van der Waals surface area (Å²) in [4.78, 5) is 0. The smallest absolute Gasteiger partial charge is 0.0443 e. The first-order valence-electron chi connectivity index (χ1n) is 11.7. The Kier molecular flexibility index (Phi) is 8.20. The van der Waals surface area contributed by atoms with Crippen molar-refractivity contribution in [3.05, 3.63) is 46.5 Å². The van der Waals surface area contributed by atoms with Gasteiger partial charge in [0.1, 0.15) is 0 Å². The summed E-state index contributed by atoms with van der Waals surface area (Å²) in [7, 11) is 0. The molecular weight excluding hydrogens is 409 g/mol. The maximum absolute atomic E-state index is 6.86. The van der Waals surface area contributed by atoms with E-state index in [0.29, 0.717) is 16.7 Å². The molecule has 2 N–H and O–H groups in total. The van der Waals surface area contributed by atoms with Crippen LogP contribution in [0.4, 0.5) is 0 Å². The predicted molar refractivity (Wildman–Crippen MR) is 135 cm³/mol. The van der Waals surface area contributed by atoms with Gasteiger partial charge < -0.3 is 5.73 Å². The lowest BCUT2D eigenvalue weighted by Gasteiger charge is -2.45. The number of benzene rings is 1. The predicted octanol–water partition coefficient (Wildman–Crippen LogP) is 8.48. The van der Waals surface area contributed by atoms with E-state index in [1.165, 1.54) is 68.1 Å². The normalized spacial score (nSPS) is 24.0. The molecule has 0 saturated heterocycles. The van der Waals surface area contributed by atoms with Crippen LogP contribution in [0.1, 0.15) is 103 Å². The molecule has 30 heavy (non-hydrogen) atoms. The SMILES string of the molecule is C=C(Cc1ccc(C2CC(C)(C)CC(C)(C)C2)c(Cl)c1)C1(C(C)N)CCCCC1.Cl. The first-order valence-corrected chi connectivity index (χ1v) is 12.0. The van der Waals surface area contributed by atoms with Gasteiger partial charge in [-0.15, -0.1) is 12.4 Å². The molecular formula is C27H43Cl2N. The van der Waals surface area contributed by atoms with E-state index >= 15 is 0 Å². The van der Waals surface area contributed by atoms with E-state index in [0.717, 1.165) is 11.4 Å². The summed E-state index contributed by atoms with van der Waals surface area (Å²) in [5.74, 6) is 0.548. The van der Waals surface area contributed by atoms with E-state index in [9.17, 15) is 0 Å². The van der Waals surface area contributed by atoms with Crippen molar-refractivity contribution in [2.24, 2.45) is 22.0 Å². The van der Waals surface area contributed by atoms with Crippen LogP contribution in [-0.4, -0.2) is 6.04 Å². The molecule has 0 aromatic heterocycles. The summed E-state index contributed by atoms with van der Waals surface area (Å²) >= 11 is 6.86. The molecule has 1 aromatic rings. The van der Waals surface area contributed by atoms with Crippen LogP contribution in [0.5, 0.6) is 0 Å². The molecule has 3 heteroatoms. The van der Waals surface area contributed by atoms with E-state index in [4.69, 9.17) is 17.3 Å². The molecule has 0 spiro atoms. The summed E-state index contributed by atoms with van der Waals surface area (Å²) in [6.07, 6.45) is 10.8. The van der Waals surface area contributed by atoms with Crippen molar-refractivity contribution in [3.8, 4) is 0 Å². The van der Waals surface area contributed by atoms with Gasteiger partial charge in [0.2, 0.25) is 0 Å². The molecule has 0 amide bonds. The molecule has 0 bridgehead atoms. The van der Waals surface area contributed by atoms with E-state index in [1.807, 2.05) is 0 Å². The molecule has 1 atom stereocenters. The van der Waals surface area contributed by atoms with Crippen molar-refractivity contribution in [2.45, 2.75) is 104 Å². The van der Waals surface area contributed by atoms with Crippen LogP contribution in [-0.2, 0) is 6.42 Å². The molecule has 170 valence electrons. The fourth-order valence-corrected chi connectivity index (χ4v) is 7.17. The van der Waals surface area contributed by atoms with Gasteiger partial charge in [-0.2, -0.15) is 0 Å². The Labute approximate surface area is 196 Å². The van der Waals surface area contributed by atoms with Crippen molar-refractivity contribution in [2.75, 3.05) is 0 Å². The molecule has 1 unspecified atom stereocenters. The Morgan fingerprint density at radius 1 is 1.10 bits per heavy atom. The van der Waals surface area contributed by atoms with E-state index in [2.05, 4.69) is 59.4 Å². The fraction of sp³-hybridized carbons (Fsp3) is 0.704. The molecule has 2 aliphatic carbocycles. The van der Waals surface area contributed by atoms with Crippen molar-refractivity contribution < 1.29 is 0 Å². The first kappa shape index (κ1) is 25.8. The minimum Gasteiger partial charge on any atom is -0.327 e. The molecule has 2 saturated carbocycles. The lowest BCUT2D eigenvalue weighted by atomic mass is 9.60. The third kappa shape index (κ3) is 5.64. The van der Waals surface area contributed by atoms with Gasteiger partial charge in [0.25, 0.3) is 0 Å². The topological polar surface area (TPSA) is 26.0 Å². The summed E-state index contributed by atoms with van der Waals surface area (Å²) in [5, 5.41) is 0.937. The van der Waals surface area contributed by atoms with Gasteiger partial charge in [0.15, 0.2) is 0 Å². The Bertz CT molecular complexity index is 725. The standard InChI is InChI=1S/C27H42ClN.ClH/c1-19(27(20(2)29)12-8-7-9-13-27)14-21-10-11-23(24(28)15-21)22-16-25(3,4)18-26(5,6)17-22;/h10-11,15,20,22H,1,7-9,12-14,16-18,29H2,2-6H3;1H. The zero-order valence-corrected chi connectivity index (χ0v) is 21.4. The van der Waals surface area contributed by atoms with Gasteiger partial charge in [-0.3, -0.25) is 0 Å². The van der Waals surface area contributed by atoms with E-state index in [-0.39, 0.29) is 23.9 Å². The highest BCUT2D eigenvalue weighted by molar-refractivity contribution is 6.31. The number of halogens is 2. The average molecular weight is 453 g/mol. The second kappa shape index (κ2) is 9.55. The highest BCUT2D eigenvalue weighted by Gasteiger charge is 2.40. The molecule has 1 nitrogen and oxygen atoms in total. The van der Waals surface area contributed by atoms with Crippen molar-refractivity contribution >= 4 is 24.0 Å². The molecule has 0 radical (unpaired) electrons. The maximum atomic E-state index is 6.86. The molecule has 3 rings (SSSR count). The molecule has 0 aliphatic heterocycles. The zero-order valence-electron chi connectivity index (χ0n) is 19.8. The van der Waals surface area contributed by atoms with Crippen molar-refractivity contribution in [1.82, 2.24) is 0 Å². The second-order valence-electron chi connectivity index (χ2n) is 11.8. The highest BCUT2D eigenvalue weighted by atomic mass is 35.5. The fourth-order valence-electron chi connectivity index (χ4n) is 6.81. The van der Waals surface area contributed by atoms with Gasteiger partial charge in [0.05, 0.1) is 0 Å². The monoisotopic (exact) mass is 451 g/mol. The summed E-state index contributed by atoms with van der Waals surface area (Å²) in [6.45, 7) is 16.3. The van der Waals surface area contributed by atoms with E-state index in [1.54, 1.807) is 0 Å². The van der Waals surface area contributed by atoms with Crippen molar-refractivity contribution in [1.29, 1.82) is 0 Å². The van der Waals surface area contributed by atoms with Crippen LogP contribution in [0.15, 0.2) is 30.4 Å². The van der Waals surface area contributed by atoms with Crippen LogP contribution in [0.3, 0.4) is 0 Å². The van der Waals surface area contributed by atoms with Crippen LogP contribution in [0.2, 0.25) is 5.02 Å². The quantitative estimate of drug-likeness (QED) is 0.445. The number of rotatable bonds is 5. The lowest BCUT2D eigenvalue weighted by molar-refractivity contribution is 0.0969. The van der Waals surface area contributed by atoms with Crippen molar-refractivity contribution in [3.63, 3.8) is 0 Å². The Balaban J connectivity index is 0.00000320. The molecule has 2 aliphatic rings. The van der Waals surface area contributed by atoms with Gasteiger partial charge in [-0.1, -0.05) is 82.8 Å². The lowest BCUT2D eigenvalue weighted by Crippen LogP contribution is -2.42. The molecule has 0 heterocycles. The Morgan fingerprint density at radius 3 is 2.17 bits per heavy atom. The summed E-state index contributed by atoms with van der Waals surface area (Å²) < 4.78 is 0. The average Bonchev–Trinajstić information content (AvgIpc) is 2.59. The maximum Gasteiger partial charge on any atom is 0.0443 e. The third-order valence-electron chi connectivity index (χ3n) is 7.80. The zero-order chi connectivity index (χ0) is 21.4. The second-order valence-corrected chi connectivity index (χ2v) is 12.2. The van der Waals surface area contributed by atoms with Gasteiger partial charge >= 0.3 is 0 Å². The minimum atomic E-state index is 0. The Morgan fingerprint density at radius 2 is 1.67 bits per heavy atom. The number of hydrogen-bond acceptors (Lipinski definition) is 1. The largest absolute Gasteiger partial charge is 0.327 e. The van der Waals surface area contributed by atoms with Crippen LogP contribution < -0.4 is 5.73 Å². The van der Waals surface area contributed by atoms with Crippen LogP contribution in [0, 0.1) is 16.2 Å². The highest BCUT2D eigenvalue weighted by Crippen LogP contribution is 2.53. The molecule has 2 fully saturated rings. The first-order chi connectivity index (χ1) is 13.4. The van der Waals surface area contributed by atoms with E-state index < -0.39 is 0 Å².